The van der Waals surface area contributed by atoms with E-state index in [9.17, 15) is 4.79 Å². The van der Waals surface area contributed by atoms with E-state index in [0.29, 0.717) is 21.5 Å². The molecule has 4 rings (SSSR count). The average molecular weight is 520 g/mol. The van der Waals surface area contributed by atoms with E-state index >= 15 is 0 Å². The summed E-state index contributed by atoms with van der Waals surface area (Å²) in [6.45, 7) is 0.768. The lowest BCUT2D eigenvalue weighted by atomic mass is 10.2. The van der Waals surface area contributed by atoms with Gasteiger partial charge < -0.3 is 9.88 Å². The van der Waals surface area contributed by atoms with Gasteiger partial charge in [0.05, 0.1) is 15.8 Å². The van der Waals surface area contributed by atoms with Gasteiger partial charge in [-0.3, -0.25) is 4.79 Å². The molecule has 30 heavy (non-hydrogen) atoms. The lowest BCUT2D eigenvalue weighted by molar-refractivity contribution is -0.113. The molecule has 1 aromatic heterocycles. The molecule has 7 heteroatoms. The van der Waals surface area contributed by atoms with Crippen LogP contribution in [0.3, 0.4) is 0 Å². The van der Waals surface area contributed by atoms with Gasteiger partial charge in [0, 0.05) is 38.7 Å². The van der Waals surface area contributed by atoms with Gasteiger partial charge in [-0.25, -0.2) is 0 Å². The molecule has 0 saturated heterocycles. The van der Waals surface area contributed by atoms with Crippen molar-refractivity contribution < 1.29 is 4.79 Å². The highest BCUT2D eigenvalue weighted by molar-refractivity contribution is 9.10. The van der Waals surface area contributed by atoms with Crippen LogP contribution < -0.4 is 5.32 Å². The van der Waals surface area contributed by atoms with Crippen LogP contribution in [0.4, 0.5) is 5.69 Å². The molecule has 1 N–H and O–H groups in total. The second-order valence-electron chi connectivity index (χ2n) is 6.73. The second kappa shape index (κ2) is 9.48. The number of aromatic nitrogens is 1. The number of hydrogen-bond donors (Lipinski definition) is 1. The normalized spacial score (nSPS) is 11.0. The quantitative estimate of drug-likeness (QED) is 0.268. The van der Waals surface area contributed by atoms with Crippen molar-refractivity contribution in [1.29, 1.82) is 0 Å². The van der Waals surface area contributed by atoms with E-state index in [2.05, 4.69) is 56.3 Å². The standard InChI is InChI=1S/C23H17BrCl2N2OS/c24-16-7-5-15(6-8-16)12-28-13-22(18-3-1-2-4-21(18)28)30-14-23(29)27-17-9-10-19(25)20(26)11-17/h1-11,13H,12,14H2,(H,27,29). The monoisotopic (exact) mass is 518 g/mol. The Morgan fingerprint density at radius 1 is 1.00 bits per heavy atom. The fourth-order valence-corrected chi connectivity index (χ4v) is 4.61. The number of amides is 1. The maximum Gasteiger partial charge on any atom is 0.234 e. The largest absolute Gasteiger partial charge is 0.342 e. The Morgan fingerprint density at radius 2 is 1.77 bits per heavy atom. The summed E-state index contributed by atoms with van der Waals surface area (Å²) in [5, 5.41) is 4.88. The van der Waals surface area contributed by atoms with Crippen molar-refractivity contribution in [3.63, 3.8) is 0 Å². The number of hydrogen-bond acceptors (Lipinski definition) is 2. The molecule has 3 nitrogen and oxygen atoms in total. The molecule has 1 heterocycles. The number of para-hydroxylation sites is 1. The third-order valence-corrected chi connectivity index (χ3v) is 6.89. The van der Waals surface area contributed by atoms with Gasteiger partial charge in [0.2, 0.25) is 5.91 Å². The minimum absolute atomic E-state index is 0.0943. The van der Waals surface area contributed by atoms with E-state index in [4.69, 9.17) is 23.2 Å². The van der Waals surface area contributed by atoms with Gasteiger partial charge in [-0.1, -0.05) is 69.5 Å². The molecule has 0 unspecified atom stereocenters. The first-order valence-corrected chi connectivity index (χ1v) is 11.7. The van der Waals surface area contributed by atoms with E-state index in [0.717, 1.165) is 26.8 Å². The van der Waals surface area contributed by atoms with Gasteiger partial charge in [-0.05, 0) is 42.0 Å². The minimum Gasteiger partial charge on any atom is -0.342 e. The number of fused-ring (bicyclic) bond motifs is 1. The van der Waals surface area contributed by atoms with Crippen LogP contribution in [0.5, 0.6) is 0 Å². The lowest BCUT2D eigenvalue weighted by Crippen LogP contribution is -2.13. The van der Waals surface area contributed by atoms with Crippen molar-refractivity contribution in [1.82, 2.24) is 4.57 Å². The van der Waals surface area contributed by atoms with E-state index < -0.39 is 0 Å². The van der Waals surface area contributed by atoms with Gasteiger partial charge in [-0.15, -0.1) is 11.8 Å². The highest BCUT2D eigenvalue weighted by Gasteiger charge is 2.12. The second-order valence-corrected chi connectivity index (χ2v) is 9.48. The fourth-order valence-electron chi connectivity index (χ4n) is 3.16. The van der Waals surface area contributed by atoms with Crippen molar-refractivity contribution in [3.05, 3.63) is 93.0 Å². The summed E-state index contributed by atoms with van der Waals surface area (Å²) in [6, 6.07) is 21.6. The van der Waals surface area contributed by atoms with Gasteiger partial charge >= 0.3 is 0 Å². The minimum atomic E-state index is -0.0943. The van der Waals surface area contributed by atoms with Gasteiger partial charge in [0.25, 0.3) is 0 Å². The van der Waals surface area contributed by atoms with Crippen LogP contribution in [0, 0.1) is 0 Å². The van der Waals surface area contributed by atoms with Crippen molar-refractivity contribution in [2.75, 3.05) is 11.1 Å². The van der Waals surface area contributed by atoms with Crippen molar-refractivity contribution >= 4 is 73.4 Å². The molecule has 0 spiro atoms. The van der Waals surface area contributed by atoms with Gasteiger partial charge in [0.1, 0.15) is 0 Å². The van der Waals surface area contributed by atoms with Crippen molar-refractivity contribution in [2.24, 2.45) is 0 Å². The first kappa shape index (κ1) is 21.3. The van der Waals surface area contributed by atoms with Crippen LogP contribution in [0.25, 0.3) is 10.9 Å². The van der Waals surface area contributed by atoms with Crippen LogP contribution in [0.15, 0.2) is 82.3 Å². The molecule has 0 bridgehead atoms. The van der Waals surface area contributed by atoms with Crippen molar-refractivity contribution in [3.8, 4) is 0 Å². The van der Waals surface area contributed by atoms with Crippen LogP contribution in [0.2, 0.25) is 10.0 Å². The number of nitrogens with one attached hydrogen (secondary N) is 1. The Morgan fingerprint density at radius 3 is 2.53 bits per heavy atom. The SMILES string of the molecule is O=C(CSc1cn(Cc2ccc(Br)cc2)c2ccccc12)Nc1ccc(Cl)c(Cl)c1. The predicted molar refractivity (Wildman–Crippen MR) is 131 cm³/mol. The van der Waals surface area contributed by atoms with E-state index in [1.807, 2.05) is 24.3 Å². The molecule has 0 saturated carbocycles. The van der Waals surface area contributed by atoms with E-state index in [-0.39, 0.29) is 5.91 Å². The third kappa shape index (κ3) is 5.03. The molecule has 1 amide bonds. The molecule has 0 radical (unpaired) electrons. The topological polar surface area (TPSA) is 34.0 Å². The molecule has 152 valence electrons. The number of carbonyl (C=O) groups is 1. The summed E-state index contributed by atoms with van der Waals surface area (Å²) in [5.74, 6) is 0.204. The molecule has 0 atom stereocenters. The first-order valence-electron chi connectivity index (χ1n) is 9.19. The fraction of sp³-hybridized carbons (Fsp3) is 0.0870. The summed E-state index contributed by atoms with van der Waals surface area (Å²) < 4.78 is 3.28. The number of carbonyl (C=O) groups excluding carboxylic acids is 1. The molecular weight excluding hydrogens is 503 g/mol. The Kier molecular flexibility index (Phi) is 6.74. The molecule has 0 aliphatic carbocycles. The zero-order valence-corrected chi connectivity index (χ0v) is 19.7. The molecule has 0 aliphatic rings. The third-order valence-electron chi connectivity index (χ3n) is 4.58. The number of thioether (sulfide) groups is 1. The predicted octanol–water partition coefficient (Wildman–Crippen LogP) is 7.49. The van der Waals surface area contributed by atoms with Crippen LogP contribution >= 0.6 is 50.9 Å². The molecule has 3 aromatic carbocycles. The number of anilines is 1. The summed E-state index contributed by atoms with van der Waals surface area (Å²) in [4.78, 5) is 13.5. The Hall–Kier alpha value is -1.92. The zero-order valence-electron chi connectivity index (χ0n) is 15.7. The highest BCUT2D eigenvalue weighted by Crippen LogP contribution is 2.31. The number of nitrogens with zero attached hydrogens (tertiary/aromatic N) is 1. The lowest BCUT2D eigenvalue weighted by Gasteiger charge is -2.06. The molecule has 0 aliphatic heterocycles. The highest BCUT2D eigenvalue weighted by atomic mass is 79.9. The maximum atomic E-state index is 12.4. The molecule has 0 fully saturated rings. The smallest absolute Gasteiger partial charge is 0.234 e. The first-order chi connectivity index (χ1) is 14.5. The van der Waals surface area contributed by atoms with Crippen LogP contribution in [-0.2, 0) is 11.3 Å². The Bertz CT molecular complexity index is 1210. The zero-order chi connectivity index (χ0) is 21.1. The molecular formula is C23H17BrCl2N2OS. The summed E-state index contributed by atoms with van der Waals surface area (Å²) >= 11 is 16.9. The summed E-state index contributed by atoms with van der Waals surface area (Å²) in [7, 11) is 0. The van der Waals surface area contributed by atoms with Gasteiger partial charge in [-0.2, -0.15) is 0 Å². The average Bonchev–Trinajstić information content (AvgIpc) is 3.09. The summed E-state index contributed by atoms with van der Waals surface area (Å²) in [5.41, 5.74) is 2.99. The number of benzene rings is 3. The van der Waals surface area contributed by atoms with E-state index in [1.54, 1.807) is 18.2 Å². The maximum absolute atomic E-state index is 12.4. The van der Waals surface area contributed by atoms with Gasteiger partial charge in [0.15, 0.2) is 0 Å². The Labute approximate surface area is 197 Å². The van der Waals surface area contributed by atoms with Crippen molar-refractivity contribution in [2.45, 2.75) is 11.4 Å². The Balaban J connectivity index is 1.49. The number of halogens is 3. The van der Waals surface area contributed by atoms with E-state index in [1.165, 1.54) is 17.3 Å². The van der Waals surface area contributed by atoms with Crippen LogP contribution in [-0.4, -0.2) is 16.2 Å². The number of rotatable bonds is 6. The van der Waals surface area contributed by atoms with Crippen LogP contribution in [0.1, 0.15) is 5.56 Å². The summed E-state index contributed by atoms with van der Waals surface area (Å²) in [6.07, 6.45) is 2.11. The molecule has 4 aromatic rings.